The van der Waals surface area contributed by atoms with Crippen LogP contribution in [0.3, 0.4) is 0 Å². The molecule has 3 aromatic rings. The normalized spacial score (nSPS) is 15.8. The molecule has 10 nitrogen and oxygen atoms in total. The molecule has 4 heterocycles. The first-order valence-electron chi connectivity index (χ1n) is 13.7. The van der Waals surface area contributed by atoms with Gasteiger partial charge in [-0.15, -0.1) is 10.2 Å². The number of hydrogen-bond acceptors (Lipinski definition) is 9. The van der Waals surface area contributed by atoms with Crippen LogP contribution in [-0.2, 0) is 13.0 Å². The number of carbonyl (C=O) groups excluding carboxylic acids is 1. The average Bonchev–Trinajstić information content (AvgIpc) is 2.97. The van der Waals surface area contributed by atoms with E-state index in [-0.39, 0.29) is 23.3 Å². The van der Waals surface area contributed by atoms with Gasteiger partial charge >= 0.3 is 6.18 Å². The lowest BCUT2D eigenvalue weighted by molar-refractivity contribution is -0.143. The molecule has 0 bridgehead atoms. The standard InChI is InChI=1S/C28H31F4N7O3/c1-17(2)39(15-28(30,31)32)27(40)20-13-18(29)3-4-23(20)42-26-25(35-16-36-37-26)38-11-7-19(8-12-38)41-24-6-10-34-22-5-9-33-14-21(22)24/h3-4,6,10,13,16-17,19,33H,5,7-9,11-12,14-15H2,1-2H3. The fourth-order valence-corrected chi connectivity index (χ4v) is 5.06. The van der Waals surface area contributed by atoms with Gasteiger partial charge in [0, 0.05) is 68.9 Å². The highest BCUT2D eigenvalue weighted by Crippen LogP contribution is 2.34. The first-order valence-corrected chi connectivity index (χ1v) is 13.7. The van der Waals surface area contributed by atoms with Crippen LogP contribution in [-0.4, -0.2) is 75.5 Å². The number of carbonyl (C=O) groups is 1. The molecule has 0 saturated carbocycles. The Balaban J connectivity index is 1.31. The number of fused-ring (bicyclic) bond motifs is 1. The second-order valence-corrected chi connectivity index (χ2v) is 10.4. The molecular formula is C28H31F4N7O3. The molecule has 1 aromatic carbocycles. The second-order valence-electron chi connectivity index (χ2n) is 10.4. The highest BCUT2D eigenvalue weighted by molar-refractivity contribution is 5.97. The van der Waals surface area contributed by atoms with Crippen LogP contribution < -0.4 is 19.7 Å². The molecule has 0 aliphatic carbocycles. The van der Waals surface area contributed by atoms with Gasteiger partial charge in [0.25, 0.3) is 11.8 Å². The number of nitrogens with zero attached hydrogens (tertiary/aromatic N) is 6. The predicted molar refractivity (Wildman–Crippen MR) is 144 cm³/mol. The summed E-state index contributed by atoms with van der Waals surface area (Å²) < 4.78 is 66.1. The van der Waals surface area contributed by atoms with Crippen LogP contribution in [0.5, 0.6) is 17.4 Å². The van der Waals surface area contributed by atoms with Gasteiger partial charge in [0.2, 0.25) is 0 Å². The molecule has 1 fully saturated rings. The number of ether oxygens (including phenoxy) is 2. The summed E-state index contributed by atoms with van der Waals surface area (Å²) >= 11 is 0. The number of benzene rings is 1. The zero-order valence-electron chi connectivity index (χ0n) is 23.2. The second kappa shape index (κ2) is 12.4. The van der Waals surface area contributed by atoms with Crippen LogP contribution in [0.1, 0.15) is 48.3 Å². The molecule has 1 saturated heterocycles. The summed E-state index contributed by atoms with van der Waals surface area (Å²) in [6.45, 7) is 4.09. The molecule has 0 radical (unpaired) electrons. The van der Waals surface area contributed by atoms with Crippen LogP contribution in [0.15, 0.2) is 36.8 Å². The van der Waals surface area contributed by atoms with E-state index >= 15 is 0 Å². The molecule has 0 unspecified atom stereocenters. The Labute approximate surface area is 240 Å². The van der Waals surface area contributed by atoms with Crippen molar-refractivity contribution in [3.63, 3.8) is 0 Å². The van der Waals surface area contributed by atoms with Crippen molar-refractivity contribution in [3.8, 4) is 17.4 Å². The molecule has 2 aromatic heterocycles. The van der Waals surface area contributed by atoms with Crippen molar-refractivity contribution in [1.82, 2.24) is 30.4 Å². The van der Waals surface area contributed by atoms with Gasteiger partial charge in [0.05, 0.1) is 5.56 Å². The van der Waals surface area contributed by atoms with E-state index in [1.54, 1.807) is 6.20 Å². The molecule has 2 aliphatic rings. The van der Waals surface area contributed by atoms with Gasteiger partial charge in [-0.1, -0.05) is 0 Å². The SMILES string of the molecule is CC(C)N(CC(F)(F)F)C(=O)c1cc(F)ccc1Oc1nncnc1N1CCC(Oc2ccnc3c2CNCC3)CC1. The van der Waals surface area contributed by atoms with E-state index in [1.807, 2.05) is 11.0 Å². The van der Waals surface area contributed by atoms with Gasteiger partial charge < -0.3 is 24.6 Å². The number of piperidine rings is 1. The molecule has 1 amide bonds. The van der Waals surface area contributed by atoms with E-state index in [4.69, 9.17) is 9.47 Å². The third kappa shape index (κ3) is 6.86. The van der Waals surface area contributed by atoms with E-state index in [0.717, 1.165) is 42.1 Å². The maximum atomic E-state index is 14.2. The number of aromatic nitrogens is 4. The highest BCUT2D eigenvalue weighted by atomic mass is 19.4. The van der Waals surface area contributed by atoms with E-state index in [9.17, 15) is 22.4 Å². The quantitative estimate of drug-likeness (QED) is 0.385. The topological polar surface area (TPSA) is 106 Å². The number of anilines is 1. The number of halogens is 4. The van der Waals surface area contributed by atoms with Crippen LogP contribution in [0, 0.1) is 5.82 Å². The number of nitrogens with one attached hydrogen (secondary N) is 1. The monoisotopic (exact) mass is 589 g/mol. The number of pyridine rings is 1. The fraction of sp³-hybridized carbons (Fsp3) is 0.464. The minimum atomic E-state index is -4.64. The smallest absolute Gasteiger partial charge is 0.406 e. The van der Waals surface area contributed by atoms with Gasteiger partial charge in [-0.25, -0.2) is 9.37 Å². The number of rotatable bonds is 8. The van der Waals surface area contributed by atoms with Crippen molar-refractivity contribution >= 4 is 11.7 Å². The van der Waals surface area contributed by atoms with Crippen LogP contribution in [0.25, 0.3) is 0 Å². The van der Waals surface area contributed by atoms with Crippen LogP contribution in [0.4, 0.5) is 23.4 Å². The minimum absolute atomic E-state index is 0.0363. The number of amides is 1. The zero-order chi connectivity index (χ0) is 29.9. The summed E-state index contributed by atoms with van der Waals surface area (Å²) in [6.07, 6.45) is 0.549. The fourth-order valence-electron chi connectivity index (χ4n) is 5.06. The minimum Gasteiger partial charge on any atom is -0.490 e. The molecule has 14 heteroatoms. The maximum Gasteiger partial charge on any atom is 0.406 e. The molecule has 2 aliphatic heterocycles. The van der Waals surface area contributed by atoms with Gasteiger partial charge in [-0.05, 0) is 38.1 Å². The lowest BCUT2D eigenvalue weighted by Gasteiger charge is -2.33. The van der Waals surface area contributed by atoms with Crippen LogP contribution >= 0.6 is 0 Å². The molecule has 1 N–H and O–H groups in total. The summed E-state index contributed by atoms with van der Waals surface area (Å²) in [7, 11) is 0. The first-order chi connectivity index (χ1) is 20.1. The van der Waals surface area contributed by atoms with Crippen molar-refractivity contribution in [1.29, 1.82) is 0 Å². The molecule has 42 heavy (non-hydrogen) atoms. The average molecular weight is 590 g/mol. The summed E-state index contributed by atoms with van der Waals surface area (Å²) in [5.41, 5.74) is 1.76. The van der Waals surface area contributed by atoms with Gasteiger partial charge in [0.15, 0.2) is 5.82 Å². The third-order valence-electron chi connectivity index (χ3n) is 7.16. The van der Waals surface area contributed by atoms with Crippen molar-refractivity contribution in [2.75, 3.05) is 31.1 Å². The summed E-state index contributed by atoms with van der Waals surface area (Å²) in [4.78, 5) is 24.5. The largest absolute Gasteiger partial charge is 0.490 e. The summed E-state index contributed by atoms with van der Waals surface area (Å²) in [5.74, 6) is -0.875. The van der Waals surface area contributed by atoms with E-state index in [0.29, 0.717) is 43.2 Å². The Morgan fingerprint density at radius 1 is 1.17 bits per heavy atom. The van der Waals surface area contributed by atoms with E-state index < -0.39 is 30.5 Å². The van der Waals surface area contributed by atoms with Crippen molar-refractivity contribution < 1.29 is 31.8 Å². The number of hydrogen-bond donors (Lipinski definition) is 1. The molecule has 224 valence electrons. The number of alkyl halides is 3. The highest BCUT2D eigenvalue weighted by Gasteiger charge is 2.36. The lowest BCUT2D eigenvalue weighted by Crippen LogP contribution is -2.43. The van der Waals surface area contributed by atoms with Crippen LogP contribution in [0.2, 0.25) is 0 Å². The Bertz CT molecular complexity index is 1410. The Kier molecular flexibility index (Phi) is 8.71. The third-order valence-corrected chi connectivity index (χ3v) is 7.16. The molecular weight excluding hydrogens is 558 g/mol. The Morgan fingerprint density at radius 2 is 1.95 bits per heavy atom. The van der Waals surface area contributed by atoms with E-state index in [2.05, 4.69) is 25.5 Å². The van der Waals surface area contributed by atoms with Crippen molar-refractivity contribution in [3.05, 3.63) is 59.4 Å². The van der Waals surface area contributed by atoms with Gasteiger partial charge in [-0.2, -0.15) is 13.2 Å². The first kappa shape index (κ1) is 29.4. The molecule has 5 rings (SSSR count). The van der Waals surface area contributed by atoms with E-state index in [1.165, 1.54) is 26.2 Å². The summed E-state index contributed by atoms with van der Waals surface area (Å²) in [6, 6.07) is 4.16. The van der Waals surface area contributed by atoms with Crippen molar-refractivity contribution in [2.45, 2.75) is 58.0 Å². The molecule has 0 atom stereocenters. The Hall–Kier alpha value is -4.07. The van der Waals surface area contributed by atoms with Gasteiger partial charge in [-0.3, -0.25) is 9.78 Å². The zero-order valence-corrected chi connectivity index (χ0v) is 23.2. The van der Waals surface area contributed by atoms with Crippen molar-refractivity contribution in [2.24, 2.45) is 0 Å². The molecule has 0 spiro atoms. The predicted octanol–water partition coefficient (Wildman–Crippen LogP) is 4.30. The summed E-state index contributed by atoms with van der Waals surface area (Å²) in [5, 5.41) is 11.2. The Morgan fingerprint density at radius 3 is 2.69 bits per heavy atom. The maximum absolute atomic E-state index is 14.2. The van der Waals surface area contributed by atoms with Gasteiger partial charge in [0.1, 0.15) is 36.3 Å². The lowest BCUT2D eigenvalue weighted by atomic mass is 10.1.